The second kappa shape index (κ2) is 8.10. The molecule has 0 saturated heterocycles. The molecule has 0 aliphatic carbocycles. The monoisotopic (exact) mass is 417 g/mol. The van der Waals surface area contributed by atoms with Gasteiger partial charge in [0.15, 0.2) is 5.69 Å². The number of rotatable bonds is 6. The van der Waals surface area contributed by atoms with Crippen molar-refractivity contribution in [3.05, 3.63) is 70.8 Å². The number of nitrogens with two attached hydrogens (primary N) is 1. The number of halogens is 1. The van der Waals surface area contributed by atoms with Crippen LogP contribution in [-0.4, -0.2) is 35.9 Å². The van der Waals surface area contributed by atoms with Crippen molar-refractivity contribution in [1.29, 1.82) is 0 Å². The molecule has 29 heavy (non-hydrogen) atoms. The Hall–Kier alpha value is -3.11. The molecule has 8 nitrogen and oxygen atoms in total. The van der Waals surface area contributed by atoms with Crippen LogP contribution < -0.4 is 10.5 Å². The number of nitrogens with one attached hydrogen (secondary N) is 1. The smallest absolute Gasteiger partial charge is 0.273 e. The van der Waals surface area contributed by atoms with Crippen LogP contribution in [0.3, 0.4) is 0 Å². The number of sulfonamides is 1. The van der Waals surface area contributed by atoms with Crippen LogP contribution in [0.4, 0.5) is 4.39 Å². The van der Waals surface area contributed by atoms with Crippen LogP contribution in [0.15, 0.2) is 47.4 Å². The summed E-state index contributed by atoms with van der Waals surface area (Å²) in [7, 11) is -3.73. The first-order valence-electron chi connectivity index (χ1n) is 8.75. The van der Waals surface area contributed by atoms with E-state index >= 15 is 0 Å². The molecule has 0 atom stereocenters. The van der Waals surface area contributed by atoms with Crippen molar-refractivity contribution < 1.29 is 17.6 Å². The second-order valence-electron chi connectivity index (χ2n) is 6.56. The van der Waals surface area contributed by atoms with Crippen molar-refractivity contribution in [2.75, 3.05) is 6.54 Å². The fraction of sp³-hybridized carbons (Fsp3) is 0.211. The molecule has 1 amide bonds. The van der Waals surface area contributed by atoms with Gasteiger partial charge in [-0.3, -0.25) is 4.79 Å². The Morgan fingerprint density at radius 1 is 1.17 bits per heavy atom. The van der Waals surface area contributed by atoms with Crippen molar-refractivity contribution in [2.24, 2.45) is 5.14 Å². The first-order chi connectivity index (χ1) is 13.7. The summed E-state index contributed by atoms with van der Waals surface area (Å²) in [6.45, 7) is 3.68. The van der Waals surface area contributed by atoms with E-state index < -0.39 is 10.0 Å². The predicted octanol–water partition coefficient (Wildman–Crippen LogP) is 1.64. The van der Waals surface area contributed by atoms with E-state index in [1.807, 2.05) is 0 Å². The maximum absolute atomic E-state index is 13.5. The Labute approximate surface area is 167 Å². The number of aromatic nitrogens is 3. The Bertz CT molecular complexity index is 1160. The molecule has 1 heterocycles. The first-order valence-corrected chi connectivity index (χ1v) is 10.3. The summed E-state index contributed by atoms with van der Waals surface area (Å²) in [5.41, 5.74) is 2.64. The molecule has 0 aliphatic rings. The van der Waals surface area contributed by atoms with Gasteiger partial charge in [0.2, 0.25) is 10.0 Å². The van der Waals surface area contributed by atoms with Crippen LogP contribution in [0.1, 0.15) is 27.3 Å². The number of amides is 1. The molecule has 0 aliphatic heterocycles. The molecule has 0 fully saturated rings. The number of hydrogen-bond acceptors (Lipinski definition) is 5. The molecule has 0 bridgehead atoms. The van der Waals surface area contributed by atoms with Gasteiger partial charge >= 0.3 is 0 Å². The van der Waals surface area contributed by atoms with Gasteiger partial charge in [-0.2, -0.15) is 0 Å². The van der Waals surface area contributed by atoms with Gasteiger partial charge in [-0.25, -0.2) is 22.6 Å². The van der Waals surface area contributed by atoms with E-state index in [0.29, 0.717) is 29.9 Å². The topological polar surface area (TPSA) is 120 Å². The van der Waals surface area contributed by atoms with E-state index in [4.69, 9.17) is 5.14 Å². The highest BCUT2D eigenvalue weighted by Crippen LogP contribution is 2.16. The normalized spacial score (nSPS) is 11.4. The Morgan fingerprint density at radius 2 is 1.86 bits per heavy atom. The SMILES string of the molecule is Cc1cc(-n2nnc(C(=O)NCCc3ccc(S(N)(=O)=O)cc3)c2C)ccc1F. The summed E-state index contributed by atoms with van der Waals surface area (Å²) < 4.78 is 37.5. The van der Waals surface area contributed by atoms with Crippen molar-refractivity contribution in [2.45, 2.75) is 25.2 Å². The van der Waals surface area contributed by atoms with E-state index in [-0.39, 0.29) is 22.3 Å². The Morgan fingerprint density at radius 3 is 2.48 bits per heavy atom. The van der Waals surface area contributed by atoms with Gasteiger partial charge in [0, 0.05) is 6.54 Å². The predicted molar refractivity (Wildman–Crippen MR) is 105 cm³/mol. The number of aryl methyl sites for hydroxylation is 1. The summed E-state index contributed by atoms with van der Waals surface area (Å²) in [6.07, 6.45) is 0.501. The minimum absolute atomic E-state index is 0.0357. The minimum Gasteiger partial charge on any atom is -0.350 e. The van der Waals surface area contributed by atoms with Crippen molar-refractivity contribution >= 4 is 15.9 Å². The lowest BCUT2D eigenvalue weighted by Crippen LogP contribution is -2.26. The molecule has 2 aromatic carbocycles. The molecular weight excluding hydrogens is 397 g/mol. The zero-order valence-corrected chi connectivity index (χ0v) is 16.7. The third-order valence-electron chi connectivity index (χ3n) is 4.45. The lowest BCUT2D eigenvalue weighted by Gasteiger charge is -2.07. The maximum Gasteiger partial charge on any atom is 0.273 e. The zero-order chi connectivity index (χ0) is 21.2. The molecule has 0 spiro atoms. The fourth-order valence-corrected chi connectivity index (χ4v) is 3.31. The first kappa shape index (κ1) is 20.6. The number of hydrogen-bond donors (Lipinski definition) is 2. The molecule has 1 aromatic heterocycles. The molecule has 3 rings (SSSR count). The second-order valence-corrected chi connectivity index (χ2v) is 8.13. The number of primary sulfonamides is 1. The number of nitrogens with zero attached hydrogens (tertiary/aromatic N) is 3. The number of benzene rings is 2. The molecule has 0 radical (unpaired) electrons. The third kappa shape index (κ3) is 4.66. The maximum atomic E-state index is 13.5. The average molecular weight is 417 g/mol. The number of carbonyl (C=O) groups is 1. The van der Waals surface area contributed by atoms with Crippen molar-refractivity contribution in [1.82, 2.24) is 20.3 Å². The van der Waals surface area contributed by atoms with Gasteiger partial charge in [0.1, 0.15) is 5.82 Å². The Kier molecular flexibility index (Phi) is 5.76. The lowest BCUT2D eigenvalue weighted by molar-refractivity contribution is 0.0948. The fourth-order valence-electron chi connectivity index (χ4n) is 2.79. The standard InChI is InChI=1S/C19H20FN5O3S/c1-12-11-15(5-8-17(12)20)25-13(2)18(23-24-25)19(26)22-10-9-14-3-6-16(7-4-14)29(21,27)28/h3-8,11H,9-10H2,1-2H3,(H,22,26)(H2,21,27,28). The van der Waals surface area contributed by atoms with E-state index in [1.165, 1.54) is 22.9 Å². The quantitative estimate of drug-likeness (QED) is 0.632. The molecule has 10 heteroatoms. The minimum atomic E-state index is -3.73. The Balaban J connectivity index is 1.64. The van der Waals surface area contributed by atoms with Crippen LogP contribution in [-0.2, 0) is 16.4 Å². The average Bonchev–Trinajstić information content (AvgIpc) is 3.05. The van der Waals surface area contributed by atoms with Crippen LogP contribution in [0.25, 0.3) is 5.69 Å². The summed E-state index contributed by atoms with van der Waals surface area (Å²) in [6, 6.07) is 10.7. The molecule has 0 saturated carbocycles. The van der Waals surface area contributed by atoms with Gasteiger partial charge in [-0.05, 0) is 61.7 Å². The van der Waals surface area contributed by atoms with Crippen LogP contribution in [0.5, 0.6) is 0 Å². The highest BCUT2D eigenvalue weighted by atomic mass is 32.2. The van der Waals surface area contributed by atoms with E-state index in [9.17, 15) is 17.6 Å². The molecule has 152 valence electrons. The molecule has 3 N–H and O–H groups in total. The lowest BCUT2D eigenvalue weighted by atomic mass is 10.1. The molecule has 0 unspecified atom stereocenters. The van der Waals surface area contributed by atoms with E-state index in [2.05, 4.69) is 15.6 Å². The summed E-state index contributed by atoms with van der Waals surface area (Å²) in [5, 5.41) is 15.8. The van der Waals surface area contributed by atoms with Gasteiger partial charge < -0.3 is 5.32 Å². The highest BCUT2D eigenvalue weighted by molar-refractivity contribution is 7.89. The van der Waals surface area contributed by atoms with Gasteiger partial charge in [-0.1, -0.05) is 17.3 Å². The van der Waals surface area contributed by atoms with Gasteiger partial charge in [0.25, 0.3) is 5.91 Å². The summed E-state index contributed by atoms with van der Waals surface area (Å²) in [4.78, 5) is 12.5. The van der Waals surface area contributed by atoms with Crippen LogP contribution >= 0.6 is 0 Å². The highest BCUT2D eigenvalue weighted by Gasteiger charge is 2.17. The summed E-state index contributed by atoms with van der Waals surface area (Å²) >= 11 is 0. The molecular formula is C19H20FN5O3S. The number of carbonyl (C=O) groups excluding carboxylic acids is 1. The zero-order valence-electron chi connectivity index (χ0n) is 15.9. The van der Waals surface area contributed by atoms with Gasteiger partial charge in [-0.15, -0.1) is 5.10 Å². The van der Waals surface area contributed by atoms with Crippen molar-refractivity contribution in [3.8, 4) is 5.69 Å². The van der Waals surface area contributed by atoms with Gasteiger partial charge in [0.05, 0.1) is 16.3 Å². The van der Waals surface area contributed by atoms with E-state index in [1.54, 1.807) is 38.1 Å². The van der Waals surface area contributed by atoms with Crippen molar-refractivity contribution in [3.63, 3.8) is 0 Å². The van der Waals surface area contributed by atoms with Crippen LogP contribution in [0.2, 0.25) is 0 Å². The molecule has 3 aromatic rings. The summed E-state index contributed by atoms with van der Waals surface area (Å²) in [5.74, 6) is -0.699. The largest absolute Gasteiger partial charge is 0.350 e. The van der Waals surface area contributed by atoms with E-state index in [0.717, 1.165) is 5.56 Å². The van der Waals surface area contributed by atoms with Crippen LogP contribution in [0, 0.1) is 19.7 Å². The third-order valence-corrected chi connectivity index (χ3v) is 5.38.